The van der Waals surface area contributed by atoms with Crippen LogP contribution in [0.15, 0.2) is 4.21 Å². The quantitative estimate of drug-likeness (QED) is 0.684. The first-order valence-corrected chi connectivity index (χ1v) is 10.5. The minimum Gasteiger partial charge on any atom is -0.478 e. The number of nitrogens with one attached hydrogen (secondary N) is 2. The van der Waals surface area contributed by atoms with Crippen molar-refractivity contribution >= 4 is 27.3 Å². The number of aromatic carboxylic acids is 1. The number of sulfonamides is 1. The first-order valence-electron chi connectivity index (χ1n) is 8.18. The summed E-state index contributed by atoms with van der Waals surface area (Å²) in [6.07, 6.45) is 3.51. The standard InChI is InChI=1S/C15H23N3O4S2/c1-18-8-2-3-10(18)4-7-17-24(21,22)15-13(14(19)20)11-5-6-16-9-12(11)23-15/h10,16-17H,2-9H2,1H3,(H,19,20)/t10-/m1/s1. The third kappa shape index (κ3) is 3.50. The van der Waals surface area contributed by atoms with Crippen molar-refractivity contribution in [1.29, 1.82) is 0 Å². The lowest BCUT2D eigenvalue weighted by Gasteiger charge is -2.19. The second-order valence-electron chi connectivity index (χ2n) is 6.36. The van der Waals surface area contributed by atoms with Crippen LogP contribution in [0.4, 0.5) is 0 Å². The Bertz CT molecular complexity index is 729. The average Bonchev–Trinajstić information content (AvgIpc) is 3.11. The highest BCUT2D eigenvalue weighted by Gasteiger charge is 2.32. The first-order chi connectivity index (χ1) is 11.4. The predicted octanol–water partition coefficient (Wildman–Crippen LogP) is 0.855. The number of fused-ring (bicyclic) bond motifs is 1. The Hall–Kier alpha value is -1.00. The molecule has 9 heteroatoms. The summed E-state index contributed by atoms with van der Waals surface area (Å²) in [7, 11) is -1.75. The molecule has 3 heterocycles. The zero-order valence-electron chi connectivity index (χ0n) is 13.7. The van der Waals surface area contributed by atoms with E-state index in [4.69, 9.17) is 0 Å². The molecule has 3 N–H and O–H groups in total. The molecule has 0 aliphatic carbocycles. The maximum atomic E-state index is 12.6. The molecule has 134 valence electrons. The van der Waals surface area contributed by atoms with Gasteiger partial charge in [0, 0.05) is 24.0 Å². The third-order valence-corrected chi connectivity index (χ3v) is 8.01. The highest BCUT2D eigenvalue weighted by atomic mass is 32.2. The molecule has 0 spiro atoms. The van der Waals surface area contributed by atoms with Crippen molar-refractivity contribution < 1.29 is 18.3 Å². The van der Waals surface area contributed by atoms with Crippen molar-refractivity contribution in [3.05, 3.63) is 16.0 Å². The number of hydrogen-bond acceptors (Lipinski definition) is 6. The summed E-state index contributed by atoms with van der Waals surface area (Å²) in [4.78, 5) is 14.7. The zero-order chi connectivity index (χ0) is 17.3. The molecule has 2 aliphatic rings. The molecule has 7 nitrogen and oxygen atoms in total. The summed E-state index contributed by atoms with van der Waals surface area (Å²) >= 11 is 1.08. The molecule has 0 bridgehead atoms. The van der Waals surface area contributed by atoms with Gasteiger partial charge < -0.3 is 15.3 Å². The van der Waals surface area contributed by atoms with E-state index in [0.29, 0.717) is 37.7 Å². The van der Waals surface area contributed by atoms with E-state index in [1.807, 2.05) is 0 Å². The monoisotopic (exact) mass is 373 g/mol. The Morgan fingerprint density at radius 3 is 2.96 bits per heavy atom. The summed E-state index contributed by atoms with van der Waals surface area (Å²) in [5, 5.41) is 12.6. The van der Waals surface area contributed by atoms with Gasteiger partial charge in [0.2, 0.25) is 0 Å². The smallest absolute Gasteiger partial charge is 0.338 e. The summed E-state index contributed by atoms with van der Waals surface area (Å²) < 4.78 is 27.8. The Morgan fingerprint density at radius 2 is 2.29 bits per heavy atom. The fourth-order valence-electron chi connectivity index (χ4n) is 3.48. The first kappa shape index (κ1) is 17.8. The lowest BCUT2D eigenvalue weighted by molar-refractivity contribution is 0.0692. The minimum atomic E-state index is -3.80. The van der Waals surface area contributed by atoms with Gasteiger partial charge in [0.05, 0.1) is 5.56 Å². The molecule has 24 heavy (non-hydrogen) atoms. The van der Waals surface area contributed by atoms with E-state index in [-0.39, 0.29) is 9.77 Å². The lowest BCUT2D eigenvalue weighted by Crippen LogP contribution is -2.32. The number of thiophene rings is 1. The largest absolute Gasteiger partial charge is 0.478 e. The van der Waals surface area contributed by atoms with Crippen molar-refractivity contribution in [2.75, 3.05) is 26.7 Å². The van der Waals surface area contributed by atoms with Crippen LogP contribution in [0.3, 0.4) is 0 Å². The van der Waals surface area contributed by atoms with Crippen LogP contribution in [-0.4, -0.2) is 57.1 Å². The van der Waals surface area contributed by atoms with Gasteiger partial charge in [0.25, 0.3) is 10.0 Å². The van der Waals surface area contributed by atoms with Gasteiger partial charge >= 0.3 is 5.97 Å². The van der Waals surface area contributed by atoms with Crippen molar-refractivity contribution in [2.45, 2.75) is 42.5 Å². The molecular formula is C15H23N3O4S2. The van der Waals surface area contributed by atoms with Crippen LogP contribution in [0.5, 0.6) is 0 Å². The lowest BCUT2D eigenvalue weighted by atomic mass is 10.1. The van der Waals surface area contributed by atoms with Crippen LogP contribution < -0.4 is 10.0 Å². The van der Waals surface area contributed by atoms with E-state index in [2.05, 4.69) is 22.0 Å². The van der Waals surface area contributed by atoms with E-state index < -0.39 is 16.0 Å². The van der Waals surface area contributed by atoms with Gasteiger partial charge in [-0.15, -0.1) is 11.3 Å². The molecule has 0 amide bonds. The van der Waals surface area contributed by atoms with E-state index >= 15 is 0 Å². The van der Waals surface area contributed by atoms with Gasteiger partial charge in [-0.25, -0.2) is 17.9 Å². The maximum absolute atomic E-state index is 12.6. The van der Waals surface area contributed by atoms with Gasteiger partial charge in [-0.05, 0) is 51.4 Å². The van der Waals surface area contributed by atoms with Gasteiger partial charge in [-0.2, -0.15) is 0 Å². The SMILES string of the molecule is CN1CCC[C@@H]1CCNS(=O)(=O)c1sc2c(c1C(=O)O)CCNC2. The van der Waals surface area contributed by atoms with Crippen molar-refractivity contribution in [3.63, 3.8) is 0 Å². The summed E-state index contributed by atoms with van der Waals surface area (Å²) in [6.45, 7) is 2.58. The van der Waals surface area contributed by atoms with Gasteiger partial charge in [-0.1, -0.05) is 0 Å². The number of carbonyl (C=O) groups is 1. The molecule has 1 fully saturated rings. The molecule has 1 aromatic heterocycles. The van der Waals surface area contributed by atoms with Gasteiger partial charge in [0.15, 0.2) is 0 Å². The molecule has 0 aromatic carbocycles. The molecule has 0 radical (unpaired) electrons. The van der Waals surface area contributed by atoms with Crippen molar-refractivity contribution in [3.8, 4) is 0 Å². The molecule has 2 aliphatic heterocycles. The van der Waals surface area contributed by atoms with E-state index in [1.54, 1.807) is 0 Å². The summed E-state index contributed by atoms with van der Waals surface area (Å²) in [5.41, 5.74) is 0.629. The van der Waals surface area contributed by atoms with E-state index in [1.165, 1.54) is 0 Å². The number of hydrogen-bond donors (Lipinski definition) is 3. The molecule has 3 rings (SSSR count). The third-order valence-electron chi connectivity index (χ3n) is 4.79. The van der Waals surface area contributed by atoms with Gasteiger partial charge in [-0.3, -0.25) is 0 Å². The van der Waals surface area contributed by atoms with Crippen LogP contribution in [-0.2, 0) is 23.0 Å². The van der Waals surface area contributed by atoms with Crippen LogP contribution in [0.1, 0.15) is 40.1 Å². The van der Waals surface area contributed by atoms with E-state index in [0.717, 1.165) is 42.0 Å². The Kier molecular flexibility index (Phi) is 5.26. The number of nitrogens with zero attached hydrogens (tertiary/aromatic N) is 1. The molecule has 0 saturated carbocycles. The van der Waals surface area contributed by atoms with E-state index in [9.17, 15) is 18.3 Å². The Labute approximate surface area is 146 Å². The zero-order valence-corrected chi connectivity index (χ0v) is 15.3. The molecule has 1 atom stereocenters. The molecular weight excluding hydrogens is 350 g/mol. The second kappa shape index (κ2) is 7.09. The maximum Gasteiger partial charge on any atom is 0.338 e. The van der Waals surface area contributed by atoms with Gasteiger partial charge in [0.1, 0.15) is 4.21 Å². The Morgan fingerprint density at radius 1 is 1.50 bits per heavy atom. The fraction of sp³-hybridized carbons (Fsp3) is 0.667. The Balaban J connectivity index is 1.76. The van der Waals surface area contributed by atoms with Crippen LogP contribution in [0.25, 0.3) is 0 Å². The number of carboxylic acids is 1. The van der Waals surface area contributed by atoms with Crippen LogP contribution in [0.2, 0.25) is 0 Å². The molecule has 1 aromatic rings. The highest BCUT2D eigenvalue weighted by molar-refractivity contribution is 7.91. The number of likely N-dealkylation sites (tertiary alicyclic amines) is 1. The fourth-order valence-corrected chi connectivity index (χ4v) is 6.44. The number of carboxylic acid groups (broad SMARTS) is 1. The molecule has 1 saturated heterocycles. The second-order valence-corrected chi connectivity index (χ2v) is 9.43. The summed E-state index contributed by atoms with van der Waals surface area (Å²) in [6, 6.07) is 0.396. The normalized spacial score (nSPS) is 21.8. The van der Waals surface area contributed by atoms with Crippen molar-refractivity contribution in [1.82, 2.24) is 14.9 Å². The van der Waals surface area contributed by atoms with Crippen LogP contribution in [0, 0.1) is 0 Å². The minimum absolute atomic E-state index is 0.0398. The average molecular weight is 374 g/mol. The summed E-state index contributed by atoms with van der Waals surface area (Å²) in [5.74, 6) is -1.16. The topological polar surface area (TPSA) is 98.7 Å². The highest BCUT2D eigenvalue weighted by Crippen LogP contribution is 2.34. The predicted molar refractivity (Wildman–Crippen MR) is 92.1 cm³/mol. The van der Waals surface area contributed by atoms with Crippen molar-refractivity contribution in [2.24, 2.45) is 0 Å². The number of rotatable bonds is 6. The van der Waals surface area contributed by atoms with Crippen LogP contribution >= 0.6 is 11.3 Å². The molecule has 0 unspecified atom stereocenters.